The fourth-order valence-corrected chi connectivity index (χ4v) is 5.19. The average molecular weight is 469 g/mol. The molecular formula is C22H29BrO4S. The van der Waals surface area contributed by atoms with Crippen LogP contribution in [-0.2, 0) is 16.0 Å². The maximum absolute atomic E-state index is 12.2. The van der Waals surface area contributed by atoms with E-state index < -0.39 is 5.97 Å². The molecule has 4 nitrogen and oxygen atoms in total. The van der Waals surface area contributed by atoms with E-state index in [1.165, 1.54) is 9.75 Å². The third-order valence-electron chi connectivity index (χ3n) is 5.23. The van der Waals surface area contributed by atoms with E-state index in [4.69, 9.17) is 5.11 Å². The smallest absolute Gasteiger partial charge is 0.303 e. The minimum absolute atomic E-state index is 0.131. The Morgan fingerprint density at radius 2 is 2.07 bits per heavy atom. The Morgan fingerprint density at radius 3 is 2.75 bits per heavy atom. The number of ketones is 1. The molecule has 1 heterocycles. The number of aliphatic hydroxyl groups is 1. The van der Waals surface area contributed by atoms with Gasteiger partial charge in [-0.05, 0) is 85.4 Å². The molecule has 28 heavy (non-hydrogen) atoms. The first kappa shape index (κ1) is 23.0. The van der Waals surface area contributed by atoms with E-state index in [1.54, 1.807) is 17.4 Å². The van der Waals surface area contributed by atoms with E-state index in [2.05, 4.69) is 28.9 Å². The fraction of sp³-hybridized carbons (Fsp3) is 0.545. The van der Waals surface area contributed by atoms with Crippen molar-refractivity contribution in [2.45, 2.75) is 64.4 Å². The molecule has 0 radical (unpaired) electrons. The van der Waals surface area contributed by atoms with Crippen LogP contribution in [0.3, 0.4) is 0 Å². The van der Waals surface area contributed by atoms with Crippen LogP contribution in [0.25, 0.3) is 0 Å². The van der Waals surface area contributed by atoms with Gasteiger partial charge in [-0.25, -0.2) is 0 Å². The third kappa shape index (κ3) is 7.64. The maximum Gasteiger partial charge on any atom is 0.303 e. The highest BCUT2D eigenvalue weighted by Gasteiger charge is 2.32. The normalized spacial score (nSPS) is 22.5. The van der Waals surface area contributed by atoms with Gasteiger partial charge < -0.3 is 10.2 Å². The van der Waals surface area contributed by atoms with Gasteiger partial charge in [-0.2, -0.15) is 0 Å². The van der Waals surface area contributed by atoms with Crippen molar-refractivity contribution >= 4 is 39.0 Å². The lowest BCUT2D eigenvalue weighted by molar-refractivity contribution is -0.137. The van der Waals surface area contributed by atoms with Crippen molar-refractivity contribution in [3.63, 3.8) is 0 Å². The van der Waals surface area contributed by atoms with Crippen LogP contribution in [0.2, 0.25) is 0 Å². The van der Waals surface area contributed by atoms with E-state index in [0.717, 1.165) is 36.6 Å². The zero-order valence-corrected chi connectivity index (χ0v) is 18.7. The van der Waals surface area contributed by atoms with Crippen molar-refractivity contribution in [2.24, 2.45) is 11.8 Å². The second-order valence-electron chi connectivity index (χ2n) is 7.41. The Hall–Kier alpha value is -1.24. The second-order valence-corrected chi connectivity index (χ2v) is 9.60. The lowest BCUT2D eigenvalue weighted by atomic mass is 9.90. The summed E-state index contributed by atoms with van der Waals surface area (Å²) in [6, 6.07) is 2.09. The van der Waals surface area contributed by atoms with E-state index in [9.17, 15) is 14.7 Å². The van der Waals surface area contributed by atoms with Crippen molar-refractivity contribution in [2.75, 3.05) is 0 Å². The lowest BCUT2D eigenvalue weighted by Crippen LogP contribution is -2.17. The van der Waals surface area contributed by atoms with Crippen LogP contribution in [-0.4, -0.2) is 28.1 Å². The molecule has 1 fully saturated rings. The number of allylic oxidation sites excluding steroid dienone is 4. The number of halogens is 1. The number of carboxylic acids is 1. The quantitative estimate of drug-likeness (QED) is 0.256. The molecule has 1 aromatic heterocycles. The van der Waals surface area contributed by atoms with Gasteiger partial charge in [0.15, 0.2) is 5.78 Å². The van der Waals surface area contributed by atoms with Crippen molar-refractivity contribution in [1.29, 1.82) is 0 Å². The number of rotatable bonds is 11. The average Bonchev–Trinajstić information content (AvgIpc) is 3.16. The first-order valence-corrected chi connectivity index (χ1v) is 11.5. The Bertz CT molecular complexity index is 703. The molecule has 154 valence electrons. The summed E-state index contributed by atoms with van der Waals surface area (Å²) in [5.74, 6) is -0.278. The van der Waals surface area contributed by atoms with Crippen LogP contribution < -0.4 is 0 Å². The van der Waals surface area contributed by atoms with Gasteiger partial charge in [0, 0.05) is 27.1 Å². The highest BCUT2D eigenvalue weighted by Crippen LogP contribution is 2.36. The number of aryl methyl sites for hydroxylation is 2. The lowest BCUT2D eigenvalue weighted by Gasteiger charge is -2.17. The zero-order chi connectivity index (χ0) is 20.5. The van der Waals surface area contributed by atoms with Crippen LogP contribution in [0.4, 0.5) is 0 Å². The van der Waals surface area contributed by atoms with Crippen molar-refractivity contribution in [1.82, 2.24) is 0 Å². The molecule has 1 aliphatic rings. The van der Waals surface area contributed by atoms with E-state index in [0.29, 0.717) is 12.8 Å². The molecule has 1 aliphatic carbocycles. The molecule has 6 heteroatoms. The topological polar surface area (TPSA) is 74.6 Å². The number of carbonyl (C=O) groups excluding carboxylic acids is 1. The predicted molar refractivity (Wildman–Crippen MR) is 117 cm³/mol. The summed E-state index contributed by atoms with van der Waals surface area (Å²) in [4.78, 5) is 25.2. The molecule has 0 aliphatic heterocycles. The summed E-state index contributed by atoms with van der Waals surface area (Å²) in [7, 11) is 0. The zero-order valence-electron chi connectivity index (χ0n) is 16.3. The molecule has 1 aromatic rings. The molecular weight excluding hydrogens is 440 g/mol. The van der Waals surface area contributed by atoms with Gasteiger partial charge in [-0.1, -0.05) is 18.2 Å². The summed E-state index contributed by atoms with van der Waals surface area (Å²) >= 11 is 5.23. The Balaban J connectivity index is 1.77. The molecule has 2 rings (SSSR count). The number of aliphatic carboxylic acids is 1. The third-order valence-corrected chi connectivity index (χ3v) is 7.43. The number of aliphatic hydroxyl groups excluding tert-OH is 1. The minimum Gasteiger partial charge on any atom is -0.481 e. The molecule has 0 saturated heterocycles. The Labute approximate surface area is 179 Å². The highest BCUT2D eigenvalue weighted by molar-refractivity contribution is 9.10. The van der Waals surface area contributed by atoms with Gasteiger partial charge >= 0.3 is 5.97 Å². The predicted octanol–water partition coefficient (Wildman–Crippen LogP) is 5.47. The summed E-state index contributed by atoms with van der Waals surface area (Å²) in [5.41, 5.74) is 0. The van der Waals surface area contributed by atoms with E-state index in [1.807, 2.05) is 18.2 Å². The molecule has 0 bridgehead atoms. The summed E-state index contributed by atoms with van der Waals surface area (Å²) in [6.07, 6.45) is 12.7. The number of carboxylic acid groups (broad SMARTS) is 1. The van der Waals surface area contributed by atoms with Crippen LogP contribution >= 0.6 is 27.3 Å². The molecule has 1 unspecified atom stereocenters. The van der Waals surface area contributed by atoms with Crippen LogP contribution in [0, 0.1) is 18.8 Å². The fourth-order valence-electron chi connectivity index (χ4n) is 3.59. The number of unbranched alkanes of at least 4 members (excludes halogenated alkanes) is 1. The van der Waals surface area contributed by atoms with Gasteiger partial charge in [0.05, 0.1) is 6.10 Å². The molecule has 2 N–H and O–H groups in total. The van der Waals surface area contributed by atoms with Crippen molar-refractivity contribution < 1.29 is 19.8 Å². The first-order valence-electron chi connectivity index (χ1n) is 9.87. The number of hydrogen-bond donors (Lipinski definition) is 2. The first-order chi connectivity index (χ1) is 13.4. The minimum atomic E-state index is -0.767. The Kier molecular flexibility index (Phi) is 9.62. The summed E-state index contributed by atoms with van der Waals surface area (Å²) < 4.78 is 1.11. The molecule has 1 saturated carbocycles. The molecule has 0 amide bonds. The number of hydrogen-bond acceptors (Lipinski definition) is 4. The number of thiophene rings is 1. The monoisotopic (exact) mass is 468 g/mol. The standard InChI is InChI=1S/C22H29BrO4S/c1-15-20(23)14-18(28-15)12-11-17(24)10-8-16-9-13-21(25)19(16)6-4-2-3-5-7-22(26)27/h2,4,8,10,14,16,19,21,25H,3,5-7,9,11-13H2,1H3,(H,26,27)/t16-,19+,21?/m0/s1. The van der Waals surface area contributed by atoms with Gasteiger partial charge in [-0.15, -0.1) is 11.3 Å². The van der Waals surface area contributed by atoms with Crippen molar-refractivity contribution in [3.05, 3.63) is 44.6 Å². The van der Waals surface area contributed by atoms with Crippen molar-refractivity contribution in [3.8, 4) is 0 Å². The highest BCUT2D eigenvalue weighted by atomic mass is 79.9. The second kappa shape index (κ2) is 11.7. The molecule has 0 spiro atoms. The van der Waals surface area contributed by atoms with E-state index in [-0.39, 0.29) is 30.1 Å². The molecule has 0 aromatic carbocycles. The summed E-state index contributed by atoms with van der Waals surface area (Å²) in [6.45, 7) is 2.06. The maximum atomic E-state index is 12.2. The van der Waals surface area contributed by atoms with Gasteiger partial charge in [0.25, 0.3) is 0 Å². The van der Waals surface area contributed by atoms with Crippen LogP contribution in [0.1, 0.15) is 54.7 Å². The van der Waals surface area contributed by atoms with Gasteiger partial charge in [-0.3, -0.25) is 9.59 Å². The largest absolute Gasteiger partial charge is 0.481 e. The number of carbonyl (C=O) groups is 2. The van der Waals surface area contributed by atoms with Crippen LogP contribution in [0.5, 0.6) is 0 Å². The SMILES string of the molecule is Cc1sc(CCC(=O)C=C[C@H]2CCC(O)[C@@H]2CC=CCCCC(=O)O)cc1Br. The Morgan fingerprint density at radius 1 is 1.29 bits per heavy atom. The van der Waals surface area contributed by atoms with Crippen LogP contribution in [0.15, 0.2) is 34.8 Å². The van der Waals surface area contributed by atoms with Gasteiger partial charge in [0.2, 0.25) is 0 Å². The molecule has 3 atom stereocenters. The summed E-state index contributed by atoms with van der Waals surface area (Å²) in [5, 5.41) is 18.9. The van der Waals surface area contributed by atoms with Gasteiger partial charge in [0.1, 0.15) is 0 Å². The van der Waals surface area contributed by atoms with E-state index >= 15 is 0 Å².